The van der Waals surface area contributed by atoms with E-state index in [1.807, 2.05) is 29.9 Å². The second-order valence-electron chi connectivity index (χ2n) is 4.60. The molecular weight excluding hydrogens is 229 g/mol. The van der Waals surface area contributed by atoms with Gasteiger partial charge >= 0.3 is 0 Å². The Labute approximate surface area is 107 Å². The first-order valence-corrected chi connectivity index (χ1v) is 6.00. The molecule has 1 N–H and O–H groups in total. The SMILES string of the molecule is Cc1cc(CNCc2nccn2C)cc(C)c1F. The van der Waals surface area contributed by atoms with Crippen LogP contribution in [0, 0.1) is 19.7 Å². The van der Waals surface area contributed by atoms with Gasteiger partial charge in [-0.3, -0.25) is 0 Å². The summed E-state index contributed by atoms with van der Waals surface area (Å²) in [5, 5.41) is 3.31. The predicted octanol–water partition coefficient (Wildman–Crippen LogP) is 2.47. The van der Waals surface area contributed by atoms with Crippen LogP contribution in [0.1, 0.15) is 22.5 Å². The Morgan fingerprint density at radius 2 is 1.89 bits per heavy atom. The molecule has 0 saturated carbocycles. The van der Waals surface area contributed by atoms with Crippen LogP contribution < -0.4 is 5.32 Å². The highest BCUT2D eigenvalue weighted by Gasteiger charge is 2.04. The minimum atomic E-state index is -0.108. The molecular formula is C14H18FN3. The Bertz CT molecular complexity index is 523. The van der Waals surface area contributed by atoms with Crippen LogP contribution >= 0.6 is 0 Å². The second kappa shape index (κ2) is 5.31. The lowest BCUT2D eigenvalue weighted by molar-refractivity contribution is 0.603. The zero-order valence-corrected chi connectivity index (χ0v) is 11.0. The molecule has 4 heteroatoms. The van der Waals surface area contributed by atoms with Gasteiger partial charge in [0.1, 0.15) is 11.6 Å². The Balaban J connectivity index is 1.97. The summed E-state index contributed by atoms with van der Waals surface area (Å²) in [5.74, 6) is 0.883. The molecule has 18 heavy (non-hydrogen) atoms. The van der Waals surface area contributed by atoms with E-state index in [1.54, 1.807) is 20.0 Å². The molecule has 0 atom stereocenters. The fraction of sp³-hybridized carbons (Fsp3) is 0.357. The lowest BCUT2D eigenvalue weighted by atomic mass is 10.1. The van der Waals surface area contributed by atoms with Crippen molar-refractivity contribution in [1.82, 2.24) is 14.9 Å². The average molecular weight is 247 g/mol. The summed E-state index contributed by atoms with van der Waals surface area (Å²) in [6.07, 6.45) is 3.70. The standard InChI is InChI=1S/C14H18FN3/c1-10-6-12(7-11(2)14(10)15)8-16-9-13-17-4-5-18(13)3/h4-7,16H,8-9H2,1-3H3. The van der Waals surface area contributed by atoms with Gasteiger partial charge in [-0.1, -0.05) is 12.1 Å². The van der Waals surface area contributed by atoms with Gasteiger partial charge in [-0.05, 0) is 30.5 Å². The first kappa shape index (κ1) is 12.8. The van der Waals surface area contributed by atoms with Crippen molar-refractivity contribution in [2.75, 3.05) is 0 Å². The van der Waals surface area contributed by atoms with E-state index in [-0.39, 0.29) is 5.82 Å². The van der Waals surface area contributed by atoms with Gasteiger partial charge in [0.05, 0.1) is 6.54 Å². The zero-order valence-electron chi connectivity index (χ0n) is 11.0. The van der Waals surface area contributed by atoms with Crippen molar-refractivity contribution in [3.8, 4) is 0 Å². The van der Waals surface area contributed by atoms with E-state index >= 15 is 0 Å². The van der Waals surface area contributed by atoms with Crippen molar-refractivity contribution < 1.29 is 4.39 Å². The number of hydrogen-bond donors (Lipinski definition) is 1. The second-order valence-corrected chi connectivity index (χ2v) is 4.60. The summed E-state index contributed by atoms with van der Waals surface area (Å²) >= 11 is 0. The average Bonchev–Trinajstić information content (AvgIpc) is 2.72. The van der Waals surface area contributed by atoms with Gasteiger partial charge in [0.2, 0.25) is 0 Å². The number of halogens is 1. The monoisotopic (exact) mass is 247 g/mol. The van der Waals surface area contributed by atoms with Gasteiger partial charge < -0.3 is 9.88 Å². The molecule has 96 valence electrons. The van der Waals surface area contributed by atoms with E-state index in [4.69, 9.17) is 0 Å². The molecule has 0 aliphatic carbocycles. The first-order chi connectivity index (χ1) is 8.58. The van der Waals surface area contributed by atoms with Crippen LogP contribution in [0.3, 0.4) is 0 Å². The van der Waals surface area contributed by atoms with Gasteiger partial charge in [0.15, 0.2) is 0 Å². The number of imidazole rings is 1. The summed E-state index contributed by atoms with van der Waals surface area (Å²) in [6, 6.07) is 3.77. The van der Waals surface area contributed by atoms with Gasteiger partial charge in [-0.25, -0.2) is 9.37 Å². The molecule has 3 nitrogen and oxygen atoms in total. The van der Waals surface area contributed by atoms with Crippen molar-refractivity contribution in [2.24, 2.45) is 7.05 Å². The van der Waals surface area contributed by atoms with Crippen molar-refractivity contribution in [2.45, 2.75) is 26.9 Å². The molecule has 1 aromatic carbocycles. The number of nitrogens with zero attached hydrogens (tertiary/aromatic N) is 2. The van der Waals surface area contributed by atoms with Gasteiger partial charge in [0, 0.05) is 26.0 Å². The molecule has 0 unspecified atom stereocenters. The topological polar surface area (TPSA) is 29.9 Å². The highest BCUT2D eigenvalue weighted by molar-refractivity contribution is 5.30. The van der Waals surface area contributed by atoms with Crippen LogP contribution in [0.5, 0.6) is 0 Å². The highest BCUT2D eigenvalue weighted by Crippen LogP contribution is 2.14. The van der Waals surface area contributed by atoms with Gasteiger partial charge in [-0.15, -0.1) is 0 Å². The zero-order chi connectivity index (χ0) is 13.1. The summed E-state index contributed by atoms with van der Waals surface area (Å²) in [4.78, 5) is 4.24. The smallest absolute Gasteiger partial charge is 0.129 e. The lowest BCUT2D eigenvalue weighted by Gasteiger charge is -2.08. The van der Waals surface area contributed by atoms with Crippen LogP contribution in [-0.4, -0.2) is 9.55 Å². The number of aryl methyl sites for hydroxylation is 3. The number of nitrogens with one attached hydrogen (secondary N) is 1. The number of aromatic nitrogens is 2. The fourth-order valence-electron chi connectivity index (χ4n) is 2.02. The molecule has 2 rings (SSSR count). The molecule has 1 aromatic heterocycles. The maximum absolute atomic E-state index is 13.5. The Morgan fingerprint density at radius 3 is 2.44 bits per heavy atom. The first-order valence-electron chi connectivity index (χ1n) is 6.00. The van der Waals surface area contributed by atoms with E-state index in [1.165, 1.54) is 0 Å². The van der Waals surface area contributed by atoms with Gasteiger partial charge in [0.25, 0.3) is 0 Å². The Kier molecular flexibility index (Phi) is 3.77. The van der Waals surface area contributed by atoms with Crippen molar-refractivity contribution in [1.29, 1.82) is 0 Å². The molecule has 0 saturated heterocycles. The molecule has 2 aromatic rings. The number of rotatable bonds is 4. The predicted molar refractivity (Wildman–Crippen MR) is 69.6 cm³/mol. The number of benzene rings is 1. The van der Waals surface area contributed by atoms with Crippen LogP contribution in [0.25, 0.3) is 0 Å². The van der Waals surface area contributed by atoms with Crippen LogP contribution in [0.4, 0.5) is 4.39 Å². The van der Waals surface area contributed by atoms with Crippen molar-refractivity contribution in [3.63, 3.8) is 0 Å². The van der Waals surface area contributed by atoms with Crippen LogP contribution in [-0.2, 0) is 20.1 Å². The minimum absolute atomic E-state index is 0.108. The molecule has 0 aliphatic heterocycles. The molecule has 0 radical (unpaired) electrons. The van der Waals surface area contributed by atoms with Gasteiger partial charge in [-0.2, -0.15) is 0 Å². The van der Waals surface area contributed by atoms with Crippen molar-refractivity contribution in [3.05, 3.63) is 52.9 Å². The fourth-order valence-corrected chi connectivity index (χ4v) is 2.02. The lowest BCUT2D eigenvalue weighted by Crippen LogP contribution is -2.16. The van der Waals surface area contributed by atoms with Crippen LogP contribution in [0.15, 0.2) is 24.5 Å². The molecule has 0 bridgehead atoms. The number of hydrogen-bond acceptors (Lipinski definition) is 2. The highest BCUT2D eigenvalue weighted by atomic mass is 19.1. The summed E-state index contributed by atoms with van der Waals surface area (Å²) in [7, 11) is 1.97. The minimum Gasteiger partial charge on any atom is -0.337 e. The molecule has 0 amide bonds. The quantitative estimate of drug-likeness (QED) is 0.899. The van der Waals surface area contributed by atoms with E-state index < -0.39 is 0 Å². The summed E-state index contributed by atoms with van der Waals surface area (Å²) in [5.41, 5.74) is 2.49. The Hall–Kier alpha value is -1.68. The third kappa shape index (κ3) is 2.76. The maximum atomic E-state index is 13.5. The molecule has 1 heterocycles. The normalized spacial score (nSPS) is 10.9. The molecule has 0 spiro atoms. The van der Waals surface area contributed by atoms with E-state index in [9.17, 15) is 4.39 Å². The Morgan fingerprint density at radius 1 is 1.22 bits per heavy atom. The van der Waals surface area contributed by atoms with E-state index in [2.05, 4.69) is 10.3 Å². The molecule has 0 fully saturated rings. The molecule has 0 aliphatic rings. The third-order valence-electron chi connectivity index (χ3n) is 3.03. The summed E-state index contributed by atoms with van der Waals surface area (Å²) < 4.78 is 15.5. The van der Waals surface area contributed by atoms with E-state index in [0.717, 1.165) is 17.9 Å². The largest absolute Gasteiger partial charge is 0.337 e. The maximum Gasteiger partial charge on any atom is 0.129 e. The van der Waals surface area contributed by atoms with Crippen molar-refractivity contribution >= 4 is 0 Å². The van der Waals surface area contributed by atoms with E-state index in [0.29, 0.717) is 17.7 Å². The summed E-state index contributed by atoms with van der Waals surface area (Å²) in [6.45, 7) is 5.02. The third-order valence-corrected chi connectivity index (χ3v) is 3.03. The van der Waals surface area contributed by atoms with Crippen LogP contribution in [0.2, 0.25) is 0 Å².